The van der Waals surface area contributed by atoms with Crippen LogP contribution >= 0.6 is 24.0 Å². The summed E-state index contributed by atoms with van der Waals surface area (Å²) in [5.74, 6) is 1.53. The van der Waals surface area contributed by atoms with Crippen LogP contribution in [0.4, 0.5) is 0 Å². The molecule has 0 bridgehead atoms. The van der Waals surface area contributed by atoms with Crippen LogP contribution < -0.4 is 5.32 Å². The number of piperidine rings is 1. The number of carbonyl (C=O) groups is 1. The molecule has 2 aromatic rings. The second kappa shape index (κ2) is 11.8. The number of aromatic nitrogens is 2. The van der Waals surface area contributed by atoms with Gasteiger partial charge in [-0.2, -0.15) is 5.10 Å². The van der Waals surface area contributed by atoms with Crippen LogP contribution in [0.2, 0.25) is 0 Å². The van der Waals surface area contributed by atoms with Gasteiger partial charge in [-0.15, -0.1) is 24.0 Å². The number of nitrogens with zero attached hydrogens (tertiary/aromatic N) is 4. The van der Waals surface area contributed by atoms with Crippen molar-refractivity contribution in [2.45, 2.75) is 39.2 Å². The van der Waals surface area contributed by atoms with Crippen molar-refractivity contribution in [3.8, 4) is 0 Å². The van der Waals surface area contributed by atoms with Gasteiger partial charge >= 0.3 is 5.97 Å². The molecule has 0 spiro atoms. The van der Waals surface area contributed by atoms with E-state index >= 15 is 0 Å². The molecule has 29 heavy (non-hydrogen) atoms. The van der Waals surface area contributed by atoms with E-state index in [9.17, 15) is 4.79 Å². The molecule has 1 atom stereocenters. The molecule has 0 amide bonds. The average molecular weight is 515 g/mol. The highest BCUT2D eigenvalue weighted by atomic mass is 127. The van der Waals surface area contributed by atoms with E-state index in [-0.39, 0.29) is 36.0 Å². The molecular weight excluding hydrogens is 485 g/mol. The number of nitrogens with one attached hydrogen (secondary N) is 1. The minimum atomic E-state index is -0.325. The summed E-state index contributed by atoms with van der Waals surface area (Å²) in [6.45, 7) is 7.48. The Hall–Kier alpha value is -2.04. The molecule has 1 N–H and O–H groups in total. The lowest BCUT2D eigenvalue weighted by Gasteiger charge is -2.35. The number of hydrogen-bond donors (Lipinski definition) is 1. The Morgan fingerprint density at radius 2 is 2.31 bits per heavy atom. The van der Waals surface area contributed by atoms with Crippen LogP contribution in [0, 0.1) is 0 Å². The predicted molar refractivity (Wildman–Crippen MR) is 122 cm³/mol. The monoisotopic (exact) mass is 515 g/mol. The predicted octanol–water partition coefficient (Wildman–Crippen LogP) is 3.12. The quantitative estimate of drug-likeness (QED) is 0.264. The molecule has 1 aliphatic heterocycles. The zero-order chi connectivity index (χ0) is 19.8. The highest BCUT2D eigenvalue weighted by Crippen LogP contribution is 2.21. The molecule has 2 aromatic heterocycles. The van der Waals surface area contributed by atoms with E-state index in [2.05, 4.69) is 22.2 Å². The maximum atomic E-state index is 11.9. The van der Waals surface area contributed by atoms with E-state index in [0.29, 0.717) is 18.7 Å². The summed E-state index contributed by atoms with van der Waals surface area (Å²) >= 11 is 0. The van der Waals surface area contributed by atoms with Crippen molar-refractivity contribution in [1.82, 2.24) is 20.0 Å². The SMILES string of the molecule is CCNC(=NCCc1ccco1)N1CCCC(n2cc(C(=O)OCC)cn2)C1.I. The lowest BCUT2D eigenvalue weighted by molar-refractivity contribution is 0.0526. The van der Waals surface area contributed by atoms with Gasteiger partial charge in [-0.25, -0.2) is 4.79 Å². The van der Waals surface area contributed by atoms with Crippen LogP contribution in [0.1, 0.15) is 48.8 Å². The van der Waals surface area contributed by atoms with Gasteiger partial charge in [-0.05, 0) is 38.8 Å². The van der Waals surface area contributed by atoms with E-state index in [1.165, 1.54) is 0 Å². The van der Waals surface area contributed by atoms with Gasteiger partial charge in [0.15, 0.2) is 5.96 Å². The lowest BCUT2D eigenvalue weighted by Crippen LogP contribution is -2.47. The maximum Gasteiger partial charge on any atom is 0.341 e. The minimum absolute atomic E-state index is 0. The molecule has 0 aromatic carbocycles. The van der Waals surface area contributed by atoms with E-state index in [1.54, 1.807) is 25.6 Å². The zero-order valence-corrected chi connectivity index (χ0v) is 19.4. The molecule has 3 rings (SSSR count). The topological polar surface area (TPSA) is 84.9 Å². The summed E-state index contributed by atoms with van der Waals surface area (Å²) in [7, 11) is 0. The summed E-state index contributed by atoms with van der Waals surface area (Å²) in [5.41, 5.74) is 0.498. The molecule has 8 nitrogen and oxygen atoms in total. The first-order valence-corrected chi connectivity index (χ1v) is 9.98. The molecule has 0 aliphatic carbocycles. The van der Waals surface area contributed by atoms with Crippen LogP contribution in [0.3, 0.4) is 0 Å². The number of halogens is 1. The van der Waals surface area contributed by atoms with Crippen LogP contribution in [0.5, 0.6) is 0 Å². The molecule has 9 heteroatoms. The number of guanidine groups is 1. The number of rotatable bonds is 7. The van der Waals surface area contributed by atoms with E-state index in [4.69, 9.17) is 14.1 Å². The first-order chi connectivity index (χ1) is 13.7. The third kappa shape index (κ3) is 6.48. The second-order valence-corrected chi connectivity index (χ2v) is 6.74. The number of ether oxygens (including phenoxy) is 1. The Labute approximate surface area is 188 Å². The van der Waals surface area contributed by atoms with Crippen molar-refractivity contribution in [2.24, 2.45) is 4.99 Å². The van der Waals surface area contributed by atoms with Crippen LogP contribution in [-0.4, -0.2) is 59.4 Å². The van der Waals surface area contributed by atoms with Gasteiger partial charge in [-0.3, -0.25) is 9.67 Å². The van der Waals surface area contributed by atoms with Gasteiger partial charge in [-0.1, -0.05) is 0 Å². The number of hydrogen-bond acceptors (Lipinski definition) is 5. The third-order valence-electron chi connectivity index (χ3n) is 4.72. The fraction of sp³-hybridized carbons (Fsp3) is 0.550. The van der Waals surface area contributed by atoms with Crippen molar-refractivity contribution in [2.75, 3.05) is 32.8 Å². The van der Waals surface area contributed by atoms with E-state index in [1.807, 2.05) is 16.8 Å². The largest absolute Gasteiger partial charge is 0.469 e. The molecule has 0 saturated carbocycles. The Bertz CT molecular complexity index is 775. The second-order valence-electron chi connectivity index (χ2n) is 6.74. The van der Waals surface area contributed by atoms with Crippen molar-refractivity contribution < 1.29 is 13.9 Å². The number of furan rings is 1. The highest BCUT2D eigenvalue weighted by molar-refractivity contribution is 14.0. The van der Waals surface area contributed by atoms with E-state index in [0.717, 1.165) is 50.6 Å². The smallest absolute Gasteiger partial charge is 0.341 e. The first-order valence-electron chi connectivity index (χ1n) is 9.98. The number of likely N-dealkylation sites (tertiary alicyclic amines) is 1. The number of esters is 1. The Morgan fingerprint density at radius 1 is 1.45 bits per heavy atom. The molecule has 160 valence electrons. The Kier molecular flexibility index (Phi) is 9.49. The van der Waals surface area contributed by atoms with Gasteiger partial charge in [0, 0.05) is 38.8 Å². The molecule has 1 aliphatic rings. The molecule has 0 radical (unpaired) electrons. The number of aliphatic imine (C=N–C) groups is 1. The lowest BCUT2D eigenvalue weighted by atomic mass is 10.1. The normalized spacial score (nSPS) is 17.0. The summed E-state index contributed by atoms with van der Waals surface area (Å²) in [4.78, 5) is 18.9. The summed E-state index contributed by atoms with van der Waals surface area (Å²) in [6, 6.07) is 4.07. The van der Waals surface area contributed by atoms with Gasteiger partial charge in [0.2, 0.25) is 0 Å². The third-order valence-corrected chi connectivity index (χ3v) is 4.72. The first kappa shape index (κ1) is 23.2. The molecule has 1 fully saturated rings. The molecular formula is C20H30IN5O3. The van der Waals surface area contributed by atoms with Gasteiger partial charge in [0.25, 0.3) is 0 Å². The fourth-order valence-electron chi connectivity index (χ4n) is 3.37. The van der Waals surface area contributed by atoms with Gasteiger partial charge in [0.1, 0.15) is 5.76 Å². The summed E-state index contributed by atoms with van der Waals surface area (Å²) < 4.78 is 12.3. The van der Waals surface area contributed by atoms with Crippen LogP contribution in [0.25, 0.3) is 0 Å². The van der Waals surface area contributed by atoms with Crippen molar-refractivity contribution >= 4 is 35.9 Å². The van der Waals surface area contributed by atoms with Crippen molar-refractivity contribution in [3.05, 3.63) is 42.1 Å². The zero-order valence-electron chi connectivity index (χ0n) is 17.0. The van der Waals surface area contributed by atoms with Crippen molar-refractivity contribution in [3.63, 3.8) is 0 Å². The molecule has 1 saturated heterocycles. The summed E-state index contributed by atoms with van der Waals surface area (Å²) in [5, 5.41) is 7.78. The Balaban J connectivity index is 0.00000300. The number of carbonyl (C=O) groups excluding carboxylic acids is 1. The van der Waals surface area contributed by atoms with Crippen LogP contribution in [0.15, 0.2) is 40.2 Å². The maximum absolute atomic E-state index is 11.9. The molecule has 3 heterocycles. The van der Waals surface area contributed by atoms with Gasteiger partial charge < -0.3 is 19.4 Å². The fourth-order valence-corrected chi connectivity index (χ4v) is 3.37. The minimum Gasteiger partial charge on any atom is -0.469 e. The van der Waals surface area contributed by atoms with E-state index < -0.39 is 0 Å². The van der Waals surface area contributed by atoms with Crippen molar-refractivity contribution in [1.29, 1.82) is 0 Å². The highest BCUT2D eigenvalue weighted by Gasteiger charge is 2.25. The van der Waals surface area contributed by atoms with Gasteiger partial charge in [0.05, 0.1) is 30.7 Å². The summed E-state index contributed by atoms with van der Waals surface area (Å²) in [6.07, 6.45) is 7.90. The van der Waals surface area contributed by atoms with Crippen LogP contribution in [-0.2, 0) is 11.2 Å². The standard InChI is InChI=1S/C20H29N5O3.HI/c1-3-21-20(22-10-9-18-8-6-12-28-18)24-11-5-7-17(15-24)25-14-16(13-23-25)19(26)27-4-2;/h6,8,12-14,17H,3-5,7,9-11,15H2,1-2H3,(H,21,22);1H. The Morgan fingerprint density at radius 3 is 3.03 bits per heavy atom. The average Bonchev–Trinajstić information content (AvgIpc) is 3.40. The molecule has 1 unspecified atom stereocenters.